The van der Waals surface area contributed by atoms with Gasteiger partial charge in [0.25, 0.3) is 0 Å². The summed E-state index contributed by atoms with van der Waals surface area (Å²) in [7, 11) is 1.61. The van der Waals surface area contributed by atoms with E-state index in [4.69, 9.17) is 4.74 Å². The van der Waals surface area contributed by atoms with E-state index in [0.29, 0.717) is 23.4 Å². The number of Topliss-reactive ketones (excluding diaryl/α,β-unsaturated/α-hetero) is 1. The Hall–Kier alpha value is -3.32. The van der Waals surface area contributed by atoms with E-state index in [1.54, 1.807) is 7.11 Å². The van der Waals surface area contributed by atoms with Crippen LogP contribution in [0.4, 0.5) is 0 Å². The van der Waals surface area contributed by atoms with Gasteiger partial charge >= 0.3 is 0 Å². The molecule has 0 amide bonds. The molecule has 1 N–H and O–H groups in total. The lowest BCUT2D eigenvalue weighted by atomic mass is 9.69. The lowest BCUT2D eigenvalue weighted by Crippen LogP contribution is -2.38. The summed E-state index contributed by atoms with van der Waals surface area (Å²) < 4.78 is 5.54. The Balaban J connectivity index is 1.82. The third-order valence-electron chi connectivity index (χ3n) is 5.72. The van der Waals surface area contributed by atoms with Gasteiger partial charge in [0.15, 0.2) is 5.78 Å². The molecule has 4 rings (SSSR count). The predicted octanol–water partition coefficient (Wildman–Crippen LogP) is 4.44. The van der Waals surface area contributed by atoms with Gasteiger partial charge in [0.05, 0.1) is 19.1 Å². The molecule has 3 unspecified atom stereocenters. The van der Waals surface area contributed by atoms with Crippen LogP contribution >= 0.6 is 0 Å². The quantitative estimate of drug-likeness (QED) is 0.868. The van der Waals surface area contributed by atoms with Crippen molar-refractivity contribution >= 4 is 5.78 Å². The molecule has 2 aliphatic rings. The third kappa shape index (κ3) is 2.99. The van der Waals surface area contributed by atoms with Crippen molar-refractivity contribution in [1.82, 2.24) is 5.32 Å². The van der Waals surface area contributed by atoms with Crippen molar-refractivity contribution < 1.29 is 9.53 Å². The van der Waals surface area contributed by atoms with Crippen LogP contribution in [0.15, 0.2) is 78.1 Å². The molecule has 4 heteroatoms. The number of ketones is 1. The van der Waals surface area contributed by atoms with E-state index in [0.717, 1.165) is 23.2 Å². The highest BCUT2D eigenvalue weighted by molar-refractivity contribution is 6.00. The topological polar surface area (TPSA) is 62.1 Å². The molecule has 0 aromatic heterocycles. The number of para-hydroxylation sites is 1. The molecule has 2 aromatic carbocycles. The summed E-state index contributed by atoms with van der Waals surface area (Å²) in [5, 5.41) is 13.1. The zero-order valence-electron chi connectivity index (χ0n) is 15.8. The van der Waals surface area contributed by atoms with Crippen LogP contribution in [-0.2, 0) is 4.79 Å². The SMILES string of the molecule is C=C1NC2=C(C(=O)CC(c3ccccc3)C2)C(c2ccccc2OC)C1C#N. The van der Waals surface area contributed by atoms with Crippen LogP contribution in [0.5, 0.6) is 5.75 Å². The highest BCUT2D eigenvalue weighted by Gasteiger charge is 2.42. The fourth-order valence-electron chi connectivity index (χ4n) is 4.42. The van der Waals surface area contributed by atoms with Crippen molar-refractivity contribution in [3.8, 4) is 11.8 Å². The van der Waals surface area contributed by atoms with Gasteiger partial charge in [0.2, 0.25) is 0 Å². The molecule has 1 aliphatic heterocycles. The van der Waals surface area contributed by atoms with Gasteiger partial charge in [0, 0.05) is 34.9 Å². The smallest absolute Gasteiger partial charge is 0.161 e. The van der Waals surface area contributed by atoms with Gasteiger partial charge in [-0.25, -0.2) is 0 Å². The summed E-state index contributed by atoms with van der Waals surface area (Å²) in [6, 6.07) is 20.1. The molecular weight excluding hydrogens is 348 g/mol. The fraction of sp³-hybridized carbons (Fsp3) is 0.250. The number of nitrogens with zero attached hydrogens (tertiary/aromatic N) is 1. The van der Waals surface area contributed by atoms with E-state index >= 15 is 0 Å². The van der Waals surface area contributed by atoms with Crippen LogP contribution in [0, 0.1) is 17.2 Å². The van der Waals surface area contributed by atoms with Gasteiger partial charge in [-0.2, -0.15) is 5.26 Å². The largest absolute Gasteiger partial charge is 0.496 e. The van der Waals surface area contributed by atoms with Gasteiger partial charge in [-0.1, -0.05) is 55.1 Å². The molecule has 4 nitrogen and oxygen atoms in total. The summed E-state index contributed by atoms with van der Waals surface area (Å²) in [6.07, 6.45) is 1.18. The molecule has 2 aromatic rings. The Morgan fingerprint density at radius 2 is 1.82 bits per heavy atom. The molecule has 1 heterocycles. The minimum Gasteiger partial charge on any atom is -0.496 e. The molecule has 0 saturated heterocycles. The summed E-state index contributed by atoms with van der Waals surface area (Å²) in [5.41, 5.74) is 4.25. The van der Waals surface area contributed by atoms with E-state index in [-0.39, 0.29) is 17.6 Å². The van der Waals surface area contributed by atoms with E-state index in [9.17, 15) is 10.1 Å². The molecule has 0 fully saturated rings. The van der Waals surface area contributed by atoms with Crippen LogP contribution in [0.3, 0.4) is 0 Å². The Bertz CT molecular complexity index is 1000. The number of carbonyl (C=O) groups excluding carboxylic acids is 1. The Morgan fingerprint density at radius 3 is 2.54 bits per heavy atom. The van der Waals surface area contributed by atoms with Crippen molar-refractivity contribution in [2.75, 3.05) is 7.11 Å². The highest BCUT2D eigenvalue weighted by atomic mass is 16.5. The molecule has 1 aliphatic carbocycles. The van der Waals surface area contributed by atoms with Crippen molar-refractivity contribution in [3.05, 3.63) is 89.3 Å². The van der Waals surface area contributed by atoms with Crippen LogP contribution in [0.25, 0.3) is 0 Å². The first-order valence-corrected chi connectivity index (χ1v) is 9.43. The molecule has 0 bridgehead atoms. The number of rotatable bonds is 3. The maximum Gasteiger partial charge on any atom is 0.161 e. The number of hydrogen-bond donors (Lipinski definition) is 1. The van der Waals surface area contributed by atoms with Gasteiger partial charge in [-0.3, -0.25) is 4.79 Å². The Morgan fingerprint density at radius 1 is 1.11 bits per heavy atom. The molecular formula is C24H22N2O2. The monoisotopic (exact) mass is 370 g/mol. The molecule has 0 radical (unpaired) electrons. The van der Waals surface area contributed by atoms with Gasteiger partial charge < -0.3 is 10.1 Å². The second-order valence-corrected chi connectivity index (χ2v) is 7.31. The second kappa shape index (κ2) is 7.36. The highest BCUT2D eigenvalue weighted by Crippen LogP contribution is 2.48. The predicted molar refractivity (Wildman–Crippen MR) is 108 cm³/mol. The number of ether oxygens (including phenoxy) is 1. The zero-order chi connectivity index (χ0) is 19.7. The van der Waals surface area contributed by atoms with Crippen LogP contribution in [0.1, 0.15) is 35.8 Å². The lowest BCUT2D eigenvalue weighted by Gasteiger charge is -2.39. The van der Waals surface area contributed by atoms with E-state index in [1.807, 2.05) is 42.5 Å². The maximum atomic E-state index is 13.3. The van der Waals surface area contributed by atoms with Crippen LogP contribution < -0.4 is 10.1 Å². The standard InChI is InChI=1S/C24H22N2O2/c1-15-19(14-25)23(18-10-6-7-11-22(18)28-2)24-20(26-15)12-17(13-21(24)27)16-8-4-3-5-9-16/h3-11,17,19,23,26H,1,12-13H2,2H3. The third-order valence-corrected chi connectivity index (χ3v) is 5.72. The minimum absolute atomic E-state index is 0.0891. The number of nitriles is 1. The molecule has 0 spiro atoms. The van der Waals surface area contributed by atoms with Gasteiger partial charge in [0.1, 0.15) is 5.75 Å². The van der Waals surface area contributed by atoms with Gasteiger partial charge in [-0.15, -0.1) is 0 Å². The number of methoxy groups -OCH3 is 1. The normalized spacial score (nSPS) is 24.2. The van der Waals surface area contributed by atoms with Gasteiger partial charge in [-0.05, 0) is 24.0 Å². The average molecular weight is 370 g/mol. The summed E-state index contributed by atoms with van der Waals surface area (Å²) >= 11 is 0. The summed E-state index contributed by atoms with van der Waals surface area (Å²) in [4.78, 5) is 13.3. The minimum atomic E-state index is -0.521. The van der Waals surface area contributed by atoms with Crippen LogP contribution in [0.2, 0.25) is 0 Å². The van der Waals surface area contributed by atoms with Crippen LogP contribution in [-0.4, -0.2) is 12.9 Å². The summed E-state index contributed by atoms with van der Waals surface area (Å²) in [5.74, 6) is 0.0182. The number of benzene rings is 2. The molecule has 0 saturated carbocycles. The van der Waals surface area contributed by atoms with E-state index in [1.165, 1.54) is 0 Å². The second-order valence-electron chi connectivity index (χ2n) is 7.31. The van der Waals surface area contributed by atoms with E-state index < -0.39 is 5.92 Å². The van der Waals surface area contributed by atoms with E-state index in [2.05, 4.69) is 30.1 Å². The molecule has 28 heavy (non-hydrogen) atoms. The first-order valence-electron chi connectivity index (χ1n) is 9.43. The number of carbonyl (C=O) groups is 1. The lowest BCUT2D eigenvalue weighted by molar-refractivity contribution is -0.116. The van der Waals surface area contributed by atoms with Crippen molar-refractivity contribution in [2.45, 2.75) is 24.7 Å². The molecule has 140 valence electrons. The summed E-state index contributed by atoms with van der Waals surface area (Å²) in [6.45, 7) is 4.09. The first-order chi connectivity index (χ1) is 13.6. The maximum absolute atomic E-state index is 13.3. The Labute approximate surface area is 165 Å². The number of nitrogens with one attached hydrogen (secondary N) is 1. The Kier molecular flexibility index (Phi) is 4.75. The van der Waals surface area contributed by atoms with Crippen molar-refractivity contribution in [2.24, 2.45) is 5.92 Å². The fourth-order valence-corrected chi connectivity index (χ4v) is 4.42. The van der Waals surface area contributed by atoms with Crippen molar-refractivity contribution in [3.63, 3.8) is 0 Å². The zero-order valence-corrected chi connectivity index (χ0v) is 15.8. The number of hydrogen-bond acceptors (Lipinski definition) is 4. The first kappa shape index (κ1) is 18.1. The average Bonchev–Trinajstić information content (AvgIpc) is 2.73. The number of allylic oxidation sites excluding steroid dienone is 3. The van der Waals surface area contributed by atoms with Crippen molar-refractivity contribution in [1.29, 1.82) is 5.26 Å². The molecule has 3 atom stereocenters.